The minimum atomic E-state index is -3.11. The monoisotopic (exact) mass is 326 g/mol. The fourth-order valence-electron chi connectivity index (χ4n) is 2.89. The summed E-state index contributed by atoms with van der Waals surface area (Å²) in [5.41, 5.74) is 1.76. The van der Waals surface area contributed by atoms with Crippen LogP contribution in [0.25, 0.3) is 5.57 Å². The van der Waals surface area contributed by atoms with Crippen molar-refractivity contribution in [3.63, 3.8) is 0 Å². The zero-order chi connectivity index (χ0) is 15.7. The van der Waals surface area contributed by atoms with Gasteiger partial charge in [0, 0.05) is 31.0 Å². The van der Waals surface area contributed by atoms with Gasteiger partial charge >= 0.3 is 0 Å². The summed E-state index contributed by atoms with van der Waals surface area (Å²) in [5, 5.41) is 0. The van der Waals surface area contributed by atoms with Crippen molar-refractivity contribution in [1.29, 1.82) is 0 Å². The number of allylic oxidation sites excluding steroid dienone is 4. The molecule has 2 heterocycles. The molecule has 0 radical (unpaired) electrons. The van der Waals surface area contributed by atoms with E-state index in [-0.39, 0.29) is 11.7 Å². The number of halogens is 1. The van der Waals surface area contributed by atoms with Gasteiger partial charge in [-0.15, -0.1) is 0 Å². The molecule has 1 fully saturated rings. The smallest absolute Gasteiger partial charge is 0.222 e. The van der Waals surface area contributed by atoms with E-state index in [0.717, 1.165) is 24.1 Å². The van der Waals surface area contributed by atoms with Crippen LogP contribution >= 0.6 is 0 Å². The van der Waals surface area contributed by atoms with E-state index in [0.29, 0.717) is 31.8 Å². The second-order valence-corrected chi connectivity index (χ2v) is 7.80. The van der Waals surface area contributed by atoms with Gasteiger partial charge in [0.25, 0.3) is 0 Å². The Labute approximate surface area is 129 Å². The van der Waals surface area contributed by atoms with Crippen LogP contribution in [0.5, 0.6) is 0 Å². The molecule has 0 amide bonds. The van der Waals surface area contributed by atoms with Crippen molar-refractivity contribution in [3.05, 3.63) is 35.8 Å². The van der Waals surface area contributed by atoms with Crippen molar-refractivity contribution >= 4 is 15.6 Å². The van der Waals surface area contributed by atoms with E-state index < -0.39 is 10.0 Å². The van der Waals surface area contributed by atoms with Gasteiger partial charge in [-0.1, -0.05) is 6.08 Å². The van der Waals surface area contributed by atoms with Gasteiger partial charge in [0.15, 0.2) is 0 Å². The number of piperidine rings is 1. The highest BCUT2D eigenvalue weighted by Gasteiger charge is 2.27. The molecule has 1 aromatic rings. The van der Waals surface area contributed by atoms with E-state index in [9.17, 15) is 12.8 Å². The third-order valence-electron chi connectivity index (χ3n) is 4.24. The number of sulfonamides is 1. The van der Waals surface area contributed by atoms with Gasteiger partial charge in [-0.2, -0.15) is 0 Å². The van der Waals surface area contributed by atoms with Gasteiger partial charge < -0.3 is 4.42 Å². The van der Waals surface area contributed by atoms with Crippen LogP contribution in [0.3, 0.4) is 0 Å². The van der Waals surface area contributed by atoms with Crippen LogP contribution in [0.2, 0.25) is 0 Å². The van der Waals surface area contributed by atoms with Gasteiger partial charge in [-0.25, -0.2) is 22.1 Å². The Hall–Kier alpha value is -1.47. The van der Waals surface area contributed by atoms with Crippen LogP contribution in [0.1, 0.15) is 43.2 Å². The molecule has 0 aromatic carbocycles. The van der Waals surface area contributed by atoms with Crippen molar-refractivity contribution in [3.8, 4) is 0 Å². The molecule has 5 nitrogen and oxygen atoms in total. The van der Waals surface area contributed by atoms with Gasteiger partial charge in [0.2, 0.25) is 15.9 Å². The molecule has 0 bridgehead atoms. The first-order valence-electron chi connectivity index (χ1n) is 7.39. The van der Waals surface area contributed by atoms with Crippen LogP contribution in [-0.4, -0.2) is 37.1 Å². The third kappa shape index (κ3) is 3.30. The first-order chi connectivity index (χ1) is 10.4. The first-order valence-corrected chi connectivity index (χ1v) is 9.24. The summed E-state index contributed by atoms with van der Waals surface area (Å²) in [5.74, 6) is 0.639. The number of hydrogen-bond acceptors (Lipinski definition) is 4. The third-order valence-corrected chi connectivity index (χ3v) is 5.54. The molecule has 0 saturated carbocycles. The normalized spacial score (nSPS) is 21.5. The van der Waals surface area contributed by atoms with Crippen molar-refractivity contribution in [1.82, 2.24) is 9.29 Å². The van der Waals surface area contributed by atoms with Crippen molar-refractivity contribution in [2.75, 3.05) is 19.3 Å². The number of hydrogen-bond donors (Lipinski definition) is 0. The lowest BCUT2D eigenvalue weighted by molar-refractivity contribution is 0.318. The molecule has 0 unspecified atom stereocenters. The maximum atomic E-state index is 13.0. The summed E-state index contributed by atoms with van der Waals surface area (Å²) in [6, 6.07) is 0. The summed E-state index contributed by atoms with van der Waals surface area (Å²) in [4.78, 5) is 4.52. The van der Waals surface area contributed by atoms with Crippen LogP contribution in [0.15, 0.2) is 28.7 Å². The highest BCUT2D eigenvalue weighted by molar-refractivity contribution is 7.88. The Morgan fingerprint density at radius 3 is 2.59 bits per heavy atom. The molecule has 22 heavy (non-hydrogen) atoms. The van der Waals surface area contributed by atoms with Gasteiger partial charge in [0.1, 0.15) is 12.1 Å². The summed E-state index contributed by atoms with van der Waals surface area (Å²) < 4.78 is 43.1. The van der Waals surface area contributed by atoms with Crippen LogP contribution in [-0.2, 0) is 10.0 Å². The van der Waals surface area contributed by atoms with E-state index in [1.165, 1.54) is 16.6 Å². The van der Waals surface area contributed by atoms with E-state index in [1.54, 1.807) is 12.3 Å². The molecule has 2 aliphatic rings. The Kier molecular flexibility index (Phi) is 4.18. The Morgan fingerprint density at radius 1 is 1.27 bits per heavy atom. The first kappa shape index (κ1) is 15.4. The molecule has 1 saturated heterocycles. The van der Waals surface area contributed by atoms with Crippen LogP contribution in [0, 0.1) is 0 Å². The van der Waals surface area contributed by atoms with Gasteiger partial charge in [-0.3, -0.25) is 0 Å². The Morgan fingerprint density at radius 2 is 2.00 bits per heavy atom. The number of nitrogens with zero attached hydrogens (tertiary/aromatic N) is 2. The molecule has 1 aliphatic carbocycles. The molecule has 3 rings (SSSR count). The lowest BCUT2D eigenvalue weighted by Gasteiger charge is -2.29. The lowest BCUT2D eigenvalue weighted by atomic mass is 9.95. The maximum absolute atomic E-state index is 13.0. The van der Waals surface area contributed by atoms with E-state index in [1.807, 2.05) is 0 Å². The van der Waals surface area contributed by atoms with E-state index in [4.69, 9.17) is 4.42 Å². The number of oxazole rings is 1. The molecular formula is C15H19FN2O3S. The Balaban J connectivity index is 1.68. The minimum absolute atomic E-state index is 0.122. The van der Waals surface area contributed by atoms with Crippen LogP contribution in [0.4, 0.5) is 4.39 Å². The van der Waals surface area contributed by atoms with Crippen molar-refractivity contribution < 1.29 is 17.2 Å². The molecule has 1 aromatic heterocycles. The molecular weight excluding hydrogens is 307 g/mol. The molecule has 120 valence electrons. The molecule has 0 atom stereocenters. The van der Waals surface area contributed by atoms with E-state index in [2.05, 4.69) is 4.98 Å². The summed E-state index contributed by atoms with van der Waals surface area (Å²) >= 11 is 0. The summed E-state index contributed by atoms with van der Waals surface area (Å²) in [6.07, 6.45) is 8.51. The largest absolute Gasteiger partial charge is 0.445 e. The fraction of sp³-hybridized carbons (Fsp3) is 0.533. The standard InChI is InChI=1S/C15H19FN2O3S/c1-22(19,20)18-8-6-11(7-9-18)14-10-21-15(17-14)12-2-4-13(16)5-3-12/h2,4,10-11H,3,5-9H2,1H3. The topological polar surface area (TPSA) is 63.4 Å². The van der Waals surface area contributed by atoms with Crippen LogP contribution < -0.4 is 0 Å². The average Bonchev–Trinajstić information content (AvgIpc) is 2.97. The Bertz CT molecular complexity index is 713. The maximum Gasteiger partial charge on any atom is 0.222 e. The van der Waals surface area contributed by atoms with Crippen molar-refractivity contribution in [2.45, 2.75) is 31.6 Å². The highest BCUT2D eigenvalue weighted by Crippen LogP contribution is 2.31. The molecule has 0 N–H and O–H groups in total. The van der Waals surface area contributed by atoms with Gasteiger partial charge in [-0.05, 0) is 25.3 Å². The number of aromatic nitrogens is 1. The van der Waals surface area contributed by atoms with E-state index >= 15 is 0 Å². The minimum Gasteiger partial charge on any atom is -0.445 e. The molecule has 7 heteroatoms. The van der Waals surface area contributed by atoms with Gasteiger partial charge in [0.05, 0.1) is 11.9 Å². The second kappa shape index (κ2) is 5.96. The fourth-order valence-corrected chi connectivity index (χ4v) is 3.77. The van der Waals surface area contributed by atoms with Crippen molar-refractivity contribution in [2.24, 2.45) is 0 Å². The molecule has 0 spiro atoms. The highest BCUT2D eigenvalue weighted by atomic mass is 32.2. The SMILES string of the molecule is CS(=O)(=O)N1CCC(c2coc(C3=CC=C(F)CC3)n2)CC1. The predicted molar refractivity (Wildman–Crippen MR) is 81.3 cm³/mol. The zero-order valence-electron chi connectivity index (χ0n) is 12.5. The number of rotatable bonds is 3. The second-order valence-electron chi connectivity index (χ2n) is 5.82. The lowest BCUT2D eigenvalue weighted by Crippen LogP contribution is -2.37. The average molecular weight is 326 g/mol. The summed E-state index contributed by atoms with van der Waals surface area (Å²) in [7, 11) is -3.11. The zero-order valence-corrected chi connectivity index (χ0v) is 13.3. The molecule has 1 aliphatic heterocycles. The summed E-state index contributed by atoms with van der Waals surface area (Å²) in [6.45, 7) is 1.03. The predicted octanol–water partition coefficient (Wildman–Crippen LogP) is 2.84. The quantitative estimate of drug-likeness (QED) is 0.857.